The minimum atomic E-state index is -3.92. The van der Waals surface area contributed by atoms with Gasteiger partial charge in [-0.15, -0.1) is 11.3 Å². The molecule has 0 amide bonds. The van der Waals surface area contributed by atoms with Gasteiger partial charge in [-0.1, -0.05) is 36.4 Å². The summed E-state index contributed by atoms with van der Waals surface area (Å²) in [7, 11) is -3.92. The predicted molar refractivity (Wildman–Crippen MR) is 79.5 cm³/mol. The Morgan fingerprint density at radius 3 is 2.35 bits per heavy atom. The van der Waals surface area contributed by atoms with E-state index in [1.54, 1.807) is 42.5 Å². The van der Waals surface area contributed by atoms with Gasteiger partial charge < -0.3 is 10.00 Å². The Balaban J connectivity index is 2.63. The Hall–Kier alpha value is -1.42. The number of hydrogen-bond donors (Lipinski definition) is 2. The minimum absolute atomic E-state index is 0.00823. The number of aliphatic carboxylic acids is 1. The van der Waals surface area contributed by atoms with Crippen LogP contribution >= 0.6 is 18.7 Å². The first-order valence-electron chi connectivity index (χ1n) is 5.99. The quantitative estimate of drug-likeness (QED) is 0.832. The van der Waals surface area contributed by atoms with Crippen molar-refractivity contribution in [1.82, 2.24) is 0 Å². The van der Waals surface area contributed by atoms with Crippen molar-refractivity contribution in [2.24, 2.45) is 0 Å². The summed E-state index contributed by atoms with van der Waals surface area (Å²) in [4.78, 5) is 22.8. The van der Waals surface area contributed by atoms with E-state index in [1.807, 2.05) is 5.38 Å². The molecule has 0 bridgehead atoms. The highest BCUT2D eigenvalue weighted by molar-refractivity contribution is 7.59. The van der Waals surface area contributed by atoms with E-state index < -0.39 is 18.5 Å². The largest absolute Gasteiger partial charge is 0.480 e. The van der Waals surface area contributed by atoms with Crippen LogP contribution in [0, 0.1) is 0 Å². The number of thiophene rings is 1. The SMILES string of the molecule is CP(=O)(O)C(Cc1cccs1)(C(=O)O)c1ccccc1. The average Bonchev–Trinajstić information content (AvgIpc) is 2.87. The van der Waals surface area contributed by atoms with E-state index in [2.05, 4.69) is 0 Å². The summed E-state index contributed by atoms with van der Waals surface area (Å²) in [6.45, 7) is 1.11. The lowest BCUT2D eigenvalue weighted by molar-refractivity contribution is -0.140. The first kappa shape index (κ1) is 15.0. The molecule has 0 radical (unpaired) electrons. The molecule has 2 unspecified atom stereocenters. The molecule has 4 nitrogen and oxygen atoms in total. The van der Waals surface area contributed by atoms with Crippen molar-refractivity contribution >= 4 is 24.7 Å². The fraction of sp³-hybridized carbons (Fsp3) is 0.214. The molecule has 0 fully saturated rings. The smallest absolute Gasteiger partial charge is 0.324 e. The van der Waals surface area contributed by atoms with Crippen molar-refractivity contribution in [3.63, 3.8) is 0 Å². The zero-order valence-corrected chi connectivity index (χ0v) is 12.6. The monoisotopic (exact) mass is 310 g/mol. The molecule has 106 valence electrons. The van der Waals surface area contributed by atoms with Gasteiger partial charge in [0.15, 0.2) is 5.16 Å². The zero-order valence-electron chi connectivity index (χ0n) is 10.9. The molecule has 0 aliphatic heterocycles. The average molecular weight is 310 g/mol. The van der Waals surface area contributed by atoms with Crippen molar-refractivity contribution < 1.29 is 19.4 Å². The molecule has 0 spiro atoms. The van der Waals surface area contributed by atoms with Crippen LogP contribution in [0.3, 0.4) is 0 Å². The van der Waals surface area contributed by atoms with Gasteiger partial charge >= 0.3 is 5.97 Å². The van der Waals surface area contributed by atoms with E-state index >= 15 is 0 Å². The van der Waals surface area contributed by atoms with Crippen LogP contribution in [0.15, 0.2) is 47.8 Å². The van der Waals surface area contributed by atoms with Crippen LogP contribution in [0.1, 0.15) is 10.4 Å². The standard InChI is InChI=1S/C14H15O4PS/c1-19(17,18)14(13(15)16,10-12-8-5-9-20-12)11-6-3-2-4-7-11/h2-9H,10H2,1H3,(H,15,16)(H,17,18). The molecule has 2 aromatic rings. The third-order valence-corrected chi connectivity index (χ3v) is 6.22. The number of benzene rings is 1. The molecular formula is C14H15O4PS. The van der Waals surface area contributed by atoms with Crippen molar-refractivity contribution in [3.8, 4) is 0 Å². The van der Waals surface area contributed by atoms with Gasteiger partial charge in [0.1, 0.15) is 0 Å². The molecule has 1 aromatic carbocycles. The van der Waals surface area contributed by atoms with E-state index in [9.17, 15) is 19.4 Å². The molecule has 0 saturated heterocycles. The fourth-order valence-electron chi connectivity index (χ4n) is 2.24. The highest BCUT2D eigenvalue weighted by Crippen LogP contribution is 2.59. The van der Waals surface area contributed by atoms with Crippen LogP contribution in [-0.2, 0) is 20.9 Å². The van der Waals surface area contributed by atoms with E-state index in [0.717, 1.165) is 11.5 Å². The van der Waals surface area contributed by atoms with Crippen molar-refractivity contribution in [2.45, 2.75) is 11.6 Å². The third kappa shape index (κ3) is 2.57. The number of carboxylic acid groups (broad SMARTS) is 1. The van der Waals surface area contributed by atoms with E-state index in [4.69, 9.17) is 0 Å². The topological polar surface area (TPSA) is 74.6 Å². The van der Waals surface area contributed by atoms with Crippen molar-refractivity contribution in [2.75, 3.05) is 6.66 Å². The fourth-order valence-corrected chi connectivity index (χ4v) is 4.59. The molecule has 0 aliphatic carbocycles. The number of hydrogen-bond acceptors (Lipinski definition) is 3. The minimum Gasteiger partial charge on any atom is -0.480 e. The molecule has 0 saturated carbocycles. The highest BCUT2D eigenvalue weighted by Gasteiger charge is 2.52. The number of rotatable bonds is 5. The van der Waals surface area contributed by atoms with Crippen LogP contribution in [-0.4, -0.2) is 22.6 Å². The Morgan fingerprint density at radius 2 is 1.90 bits per heavy atom. The second kappa shape index (κ2) is 5.52. The molecule has 1 heterocycles. The highest BCUT2D eigenvalue weighted by atomic mass is 32.1. The zero-order chi connectivity index (χ0) is 14.8. The summed E-state index contributed by atoms with van der Waals surface area (Å²) >= 11 is 1.38. The molecule has 2 N–H and O–H groups in total. The summed E-state index contributed by atoms with van der Waals surface area (Å²) in [5.41, 5.74) is 0.356. The van der Waals surface area contributed by atoms with Crippen LogP contribution < -0.4 is 0 Å². The van der Waals surface area contributed by atoms with Gasteiger partial charge in [-0.2, -0.15) is 0 Å². The normalized spacial score (nSPS) is 17.1. The molecule has 0 aliphatic rings. The maximum atomic E-state index is 12.4. The summed E-state index contributed by atoms with van der Waals surface area (Å²) in [6.07, 6.45) is 0.00823. The van der Waals surface area contributed by atoms with Gasteiger partial charge in [0.25, 0.3) is 0 Å². The first-order valence-corrected chi connectivity index (χ1v) is 8.98. The molecule has 1 aromatic heterocycles. The van der Waals surface area contributed by atoms with Crippen LogP contribution in [0.5, 0.6) is 0 Å². The second-order valence-electron chi connectivity index (χ2n) is 4.67. The molecule has 6 heteroatoms. The van der Waals surface area contributed by atoms with E-state index in [0.29, 0.717) is 5.56 Å². The van der Waals surface area contributed by atoms with E-state index in [-0.39, 0.29) is 6.42 Å². The maximum absolute atomic E-state index is 12.4. The first-order chi connectivity index (χ1) is 9.38. The lowest BCUT2D eigenvalue weighted by Gasteiger charge is -2.32. The van der Waals surface area contributed by atoms with Crippen molar-refractivity contribution in [1.29, 1.82) is 0 Å². The summed E-state index contributed by atoms with van der Waals surface area (Å²) in [6, 6.07) is 11.9. The Morgan fingerprint density at radius 1 is 1.25 bits per heavy atom. The Kier molecular flexibility index (Phi) is 4.14. The lowest BCUT2D eigenvalue weighted by Crippen LogP contribution is -2.37. The maximum Gasteiger partial charge on any atom is 0.324 e. The van der Waals surface area contributed by atoms with Gasteiger partial charge in [0.2, 0.25) is 7.37 Å². The Labute approximate surface area is 121 Å². The van der Waals surface area contributed by atoms with Crippen LogP contribution in [0.4, 0.5) is 0 Å². The third-order valence-electron chi connectivity index (χ3n) is 3.32. The van der Waals surface area contributed by atoms with E-state index in [1.165, 1.54) is 11.3 Å². The summed E-state index contributed by atoms with van der Waals surface area (Å²) in [5.74, 6) is -1.27. The molecule has 2 atom stereocenters. The summed E-state index contributed by atoms with van der Waals surface area (Å²) < 4.78 is 12.4. The number of carboxylic acids is 1. The predicted octanol–water partition coefficient (Wildman–Crippen LogP) is 3.17. The van der Waals surface area contributed by atoms with Gasteiger partial charge in [0.05, 0.1) is 0 Å². The van der Waals surface area contributed by atoms with Gasteiger partial charge in [0, 0.05) is 18.0 Å². The molecule has 20 heavy (non-hydrogen) atoms. The van der Waals surface area contributed by atoms with Crippen molar-refractivity contribution in [3.05, 3.63) is 58.3 Å². The van der Waals surface area contributed by atoms with Crippen LogP contribution in [0.25, 0.3) is 0 Å². The lowest BCUT2D eigenvalue weighted by atomic mass is 9.94. The summed E-state index contributed by atoms with van der Waals surface area (Å²) in [5, 5.41) is 9.70. The van der Waals surface area contributed by atoms with Gasteiger partial charge in [-0.3, -0.25) is 9.36 Å². The van der Waals surface area contributed by atoms with Crippen LogP contribution in [0.2, 0.25) is 0 Å². The number of carbonyl (C=O) groups is 1. The Bertz CT molecular complexity index is 632. The second-order valence-corrected chi connectivity index (χ2v) is 8.22. The van der Waals surface area contributed by atoms with Gasteiger partial charge in [-0.25, -0.2) is 0 Å². The molecular weight excluding hydrogens is 295 g/mol. The van der Waals surface area contributed by atoms with Gasteiger partial charge in [-0.05, 0) is 17.0 Å². The molecule has 2 rings (SSSR count).